The maximum absolute atomic E-state index is 6.56. The molecule has 0 saturated heterocycles. The van der Waals surface area contributed by atoms with Crippen molar-refractivity contribution in [2.75, 3.05) is 13.1 Å². The molecular weight excluding hydrogens is 342 g/mol. The largest absolute Gasteiger partial charge is 0.484 e. The third-order valence-electron chi connectivity index (χ3n) is 5.32. The quantitative estimate of drug-likeness (QED) is 0.434. The summed E-state index contributed by atoms with van der Waals surface area (Å²) < 4.78 is 6.56. The highest BCUT2D eigenvalue weighted by molar-refractivity contribution is 5.42. The molecule has 28 heavy (non-hydrogen) atoms. The summed E-state index contributed by atoms with van der Waals surface area (Å²) in [4.78, 5) is 2.47. The number of nitrogens with zero attached hydrogens (tertiary/aromatic N) is 1. The first-order valence-corrected chi connectivity index (χ1v) is 9.97. The predicted octanol–water partition coefficient (Wildman–Crippen LogP) is 5.91. The van der Waals surface area contributed by atoms with Gasteiger partial charge in [0.2, 0.25) is 0 Å². The molecule has 1 unspecified atom stereocenters. The smallest absolute Gasteiger partial charge is 0.143 e. The molecule has 0 aliphatic carbocycles. The minimum absolute atomic E-state index is 0.264. The van der Waals surface area contributed by atoms with E-state index in [0.29, 0.717) is 0 Å². The van der Waals surface area contributed by atoms with Gasteiger partial charge in [0, 0.05) is 0 Å². The van der Waals surface area contributed by atoms with Gasteiger partial charge in [-0.2, -0.15) is 0 Å². The van der Waals surface area contributed by atoms with Crippen LogP contribution in [0.25, 0.3) is 0 Å². The Hall–Kier alpha value is -2.84. The van der Waals surface area contributed by atoms with Crippen molar-refractivity contribution in [2.24, 2.45) is 0 Å². The first kappa shape index (κ1) is 19.9. The minimum atomic E-state index is -0.483. The number of hydrogen-bond donors (Lipinski definition) is 0. The van der Waals surface area contributed by atoms with Crippen LogP contribution in [-0.2, 0) is 5.54 Å². The van der Waals surface area contributed by atoms with Gasteiger partial charge < -0.3 is 4.74 Å². The minimum Gasteiger partial charge on any atom is -0.484 e. The molecular formula is C26H29NO. The lowest BCUT2D eigenvalue weighted by atomic mass is 9.76. The fourth-order valence-electron chi connectivity index (χ4n) is 4.10. The summed E-state index contributed by atoms with van der Waals surface area (Å²) in [5.41, 5.74) is 1.92. The Bertz CT molecular complexity index is 802. The second-order valence-electron chi connectivity index (χ2n) is 6.76. The standard InChI is InChI=1S/C26H29NO/c1-4-25(28-24-20-14-9-15-21-24)26(27(5-2)6-3,22-16-10-7-11-17-22)23-18-12-8-13-19-23/h4,7-21,25H,1,5-6H2,2-3H3. The van der Waals surface area contributed by atoms with Gasteiger partial charge in [-0.25, -0.2) is 0 Å². The summed E-state index contributed by atoms with van der Waals surface area (Å²) >= 11 is 0. The summed E-state index contributed by atoms with van der Waals surface area (Å²) in [6.45, 7) is 10.4. The van der Waals surface area contributed by atoms with Crippen LogP contribution in [0.1, 0.15) is 25.0 Å². The SMILES string of the molecule is C=CC(Oc1ccccc1)C(c1ccccc1)(c1ccccc1)N(CC)CC. The van der Waals surface area contributed by atoms with Crippen LogP contribution in [-0.4, -0.2) is 24.1 Å². The number of benzene rings is 3. The van der Waals surface area contributed by atoms with E-state index in [1.54, 1.807) is 0 Å². The van der Waals surface area contributed by atoms with Crippen LogP contribution in [0, 0.1) is 0 Å². The Morgan fingerprint density at radius 2 is 1.21 bits per heavy atom. The van der Waals surface area contributed by atoms with Crippen LogP contribution in [0.2, 0.25) is 0 Å². The summed E-state index contributed by atoms with van der Waals surface area (Å²) in [6, 6.07) is 31.3. The zero-order chi connectivity index (χ0) is 19.8. The van der Waals surface area contributed by atoms with E-state index in [2.05, 4.69) is 86.0 Å². The molecule has 0 aromatic heterocycles. The molecule has 0 fully saturated rings. The number of ether oxygens (including phenoxy) is 1. The highest BCUT2D eigenvalue weighted by atomic mass is 16.5. The van der Waals surface area contributed by atoms with Gasteiger partial charge in [0.25, 0.3) is 0 Å². The van der Waals surface area contributed by atoms with Crippen LogP contribution in [0.5, 0.6) is 5.75 Å². The van der Waals surface area contributed by atoms with Crippen molar-refractivity contribution in [3.8, 4) is 5.75 Å². The second kappa shape index (κ2) is 9.38. The van der Waals surface area contributed by atoms with Crippen molar-refractivity contribution < 1.29 is 4.74 Å². The number of hydrogen-bond acceptors (Lipinski definition) is 2. The fraction of sp³-hybridized carbons (Fsp3) is 0.231. The van der Waals surface area contributed by atoms with Crippen LogP contribution < -0.4 is 4.74 Å². The predicted molar refractivity (Wildman–Crippen MR) is 118 cm³/mol. The maximum atomic E-state index is 6.56. The highest BCUT2D eigenvalue weighted by Crippen LogP contribution is 2.41. The topological polar surface area (TPSA) is 12.5 Å². The Morgan fingerprint density at radius 1 is 0.786 bits per heavy atom. The molecule has 2 heteroatoms. The van der Waals surface area contributed by atoms with E-state index in [-0.39, 0.29) is 6.10 Å². The molecule has 0 spiro atoms. The van der Waals surface area contributed by atoms with Crippen molar-refractivity contribution in [2.45, 2.75) is 25.5 Å². The molecule has 0 heterocycles. The average molecular weight is 372 g/mol. The van der Waals surface area contributed by atoms with E-state index in [1.807, 2.05) is 36.4 Å². The first-order valence-electron chi connectivity index (χ1n) is 9.97. The molecule has 144 valence electrons. The lowest BCUT2D eigenvalue weighted by Gasteiger charge is -2.48. The molecule has 0 N–H and O–H groups in total. The van der Waals surface area contributed by atoms with Gasteiger partial charge in [-0.1, -0.05) is 99.3 Å². The second-order valence-corrected chi connectivity index (χ2v) is 6.76. The van der Waals surface area contributed by atoms with Crippen molar-refractivity contribution in [3.63, 3.8) is 0 Å². The van der Waals surface area contributed by atoms with E-state index < -0.39 is 5.54 Å². The lowest BCUT2D eigenvalue weighted by molar-refractivity contribution is 0.0363. The van der Waals surface area contributed by atoms with Crippen LogP contribution >= 0.6 is 0 Å². The van der Waals surface area contributed by atoms with Crippen molar-refractivity contribution in [1.29, 1.82) is 0 Å². The van der Waals surface area contributed by atoms with Gasteiger partial charge in [-0.05, 0) is 42.4 Å². The van der Waals surface area contributed by atoms with E-state index in [1.165, 1.54) is 11.1 Å². The van der Waals surface area contributed by atoms with Gasteiger partial charge in [-0.15, -0.1) is 0 Å². The Balaban J connectivity index is 2.25. The number of para-hydroxylation sites is 1. The molecule has 0 aliphatic rings. The summed E-state index contributed by atoms with van der Waals surface area (Å²) in [5.74, 6) is 0.843. The summed E-state index contributed by atoms with van der Waals surface area (Å²) in [5, 5.41) is 0. The Morgan fingerprint density at radius 3 is 1.61 bits per heavy atom. The summed E-state index contributed by atoms with van der Waals surface area (Å²) in [6.07, 6.45) is 1.67. The Kier molecular flexibility index (Phi) is 6.67. The van der Waals surface area contributed by atoms with Crippen LogP contribution in [0.15, 0.2) is 104 Å². The lowest BCUT2D eigenvalue weighted by Crippen LogP contribution is -2.56. The molecule has 3 rings (SSSR count). The fourth-order valence-corrected chi connectivity index (χ4v) is 4.10. The highest BCUT2D eigenvalue weighted by Gasteiger charge is 2.46. The average Bonchev–Trinajstić information content (AvgIpc) is 2.78. The molecule has 0 radical (unpaired) electrons. The number of likely N-dealkylation sites (N-methyl/N-ethyl adjacent to an activating group) is 1. The third-order valence-corrected chi connectivity index (χ3v) is 5.32. The molecule has 0 bridgehead atoms. The zero-order valence-electron chi connectivity index (χ0n) is 16.8. The van der Waals surface area contributed by atoms with Gasteiger partial charge >= 0.3 is 0 Å². The monoisotopic (exact) mass is 371 g/mol. The van der Waals surface area contributed by atoms with Gasteiger partial charge in [0.15, 0.2) is 0 Å². The van der Waals surface area contributed by atoms with E-state index in [9.17, 15) is 0 Å². The summed E-state index contributed by atoms with van der Waals surface area (Å²) in [7, 11) is 0. The molecule has 2 nitrogen and oxygen atoms in total. The van der Waals surface area contributed by atoms with Crippen LogP contribution in [0.3, 0.4) is 0 Å². The molecule has 0 saturated carbocycles. The number of rotatable bonds is 9. The molecule has 0 amide bonds. The van der Waals surface area contributed by atoms with E-state index in [0.717, 1.165) is 18.8 Å². The van der Waals surface area contributed by atoms with Crippen molar-refractivity contribution in [1.82, 2.24) is 4.90 Å². The maximum Gasteiger partial charge on any atom is 0.143 e. The van der Waals surface area contributed by atoms with Crippen LogP contribution in [0.4, 0.5) is 0 Å². The van der Waals surface area contributed by atoms with Crippen molar-refractivity contribution >= 4 is 0 Å². The van der Waals surface area contributed by atoms with Crippen molar-refractivity contribution in [3.05, 3.63) is 115 Å². The molecule has 3 aromatic rings. The van der Waals surface area contributed by atoms with Gasteiger partial charge in [0.1, 0.15) is 17.4 Å². The normalized spacial score (nSPS) is 12.5. The molecule has 1 atom stereocenters. The molecule has 0 aliphatic heterocycles. The van der Waals surface area contributed by atoms with Gasteiger partial charge in [-0.3, -0.25) is 4.90 Å². The van der Waals surface area contributed by atoms with E-state index in [4.69, 9.17) is 4.74 Å². The van der Waals surface area contributed by atoms with E-state index >= 15 is 0 Å². The molecule has 3 aromatic carbocycles. The Labute approximate surface area is 169 Å². The third kappa shape index (κ3) is 3.74. The van der Waals surface area contributed by atoms with Gasteiger partial charge in [0.05, 0.1) is 0 Å². The zero-order valence-corrected chi connectivity index (χ0v) is 16.8. The first-order chi connectivity index (χ1) is 13.8.